The number of hydrogen-bond acceptors (Lipinski definition) is 5. The number of amides is 1. The van der Waals surface area contributed by atoms with Crippen molar-refractivity contribution in [2.45, 2.75) is 19.4 Å². The Bertz CT molecular complexity index is 661. The van der Waals surface area contributed by atoms with Gasteiger partial charge in [-0.3, -0.25) is 14.3 Å². The summed E-state index contributed by atoms with van der Waals surface area (Å²) in [6, 6.07) is 3.59. The average Bonchev–Trinajstić information content (AvgIpc) is 3.15. The lowest BCUT2D eigenvalue weighted by atomic mass is 10.0. The van der Waals surface area contributed by atoms with Crippen LogP contribution in [0.2, 0.25) is 0 Å². The summed E-state index contributed by atoms with van der Waals surface area (Å²) in [5.74, 6) is 0.624. The Labute approximate surface area is 141 Å². The van der Waals surface area contributed by atoms with Gasteiger partial charge in [0.15, 0.2) is 0 Å². The number of pyridine rings is 1. The van der Waals surface area contributed by atoms with Crippen molar-refractivity contribution in [3.05, 3.63) is 42.6 Å². The second-order valence-electron chi connectivity index (χ2n) is 6.47. The smallest absolute Gasteiger partial charge is 0.252 e. The number of aromatic nitrogens is 3. The van der Waals surface area contributed by atoms with Gasteiger partial charge in [-0.2, -0.15) is 0 Å². The highest BCUT2D eigenvalue weighted by Gasteiger charge is 2.28. The van der Waals surface area contributed by atoms with Gasteiger partial charge in [0, 0.05) is 43.8 Å². The molecule has 1 N–H and O–H groups in total. The molecule has 0 atom stereocenters. The van der Waals surface area contributed by atoms with Crippen LogP contribution in [0.1, 0.15) is 24.2 Å². The molecule has 0 aliphatic carbocycles. The number of hydrogen-bond donors (Lipinski definition) is 1. The first-order valence-corrected chi connectivity index (χ1v) is 8.12. The van der Waals surface area contributed by atoms with Crippen molar-refractivity contribution >= 4 is 5.91 Å². The highest BCUT2D eigenvalue weighted by atomic mass is 16.5. The standard InChI is InChI=1S/C17H23N5O2/c1-17(2,22-7-9-24-10-8-22)12-20-16(23)14-3-4-15(19-11-14)21-6-5-18-13-21/h3-6,11,13H,7-10,12H2,1-2H3,(H,20,23). The number of nitrogens with one attached hydrogen (secondary N) is 1. The van der Waals surface area contributed by atoms with Gasteiger partial charge in [0.05, 0.1) is 18.8 Å². The largest absolute Gasteiger partial charge is 0.379 e. The second-order valence-corrected chi connectivity index (χ2v) is 6.47. The van der Waals surface area contributed by atoms with E-state index < -0.39 is 0 Å². The third-order valence-corrected chi connectivity index (χ3v) is 4.33. The molecule has 3 heterocycles. The molecule has 0 saturated carbocycles. The van der Waals surface area contributed by atoms with Gasteiger partial charge in [0.2, 0.25) is 0 Å². The molecule has 0 radical (unpaired) electrons. The maximum absolute atomic E-state index is 12.4. The fraction of sp³-hybridized carbons (Fsp3) is 0.471. The molecule has 0 unspecified atom stereocenters. The third-order valence-electron chi connectivity index (χ3n) is 4.33. The van der Waals surface area contributed by atoms with Crippen LogP contribution in [0.5, 0.6) is 0 Å². The number of morpholine rings is 1. The van der Waals surface area contributed by atoms with Crippen LogP contribution in [0.3, 0.4) is 0 Å². The minimum Gasteiger partial charge on any atom is -0.379 e. The zero-order chi connectivity index (χ0) is 17.0. The second kappa shape index (κ2) is 7.11. The molecule has 1 aliphatic heterocycles. The molecule has 1 aliphatic rings. The Morgan fingerprint density at radius 3 is 2.75 bits per heavy atom. The number of nitrogens with zero attached hydrogens (tertiary/aromatic N) is 4. The van der Waals surface area contributed by atoms with Crippen LogP contribution < -0.4 is 5.32 Å². The quantitative estimate of drug-likeness (QED) is 0.890. The first kappa shape index (κ1) is 16.6. The van der Waals surface area contributed by atoms with E-state index in [4.69, 9.17) is 4.74 Å². The molecule has 1 fully saturated rings. The van der Waals surface area contributed by atoms with Crippen LogP contribution in [0.4, 0.5) is 0 Å². The zero-order valence-corrected chi connectivity index (χ0v) is 14.1. The number of rotatable bonds is 5. The summed E-state index contributed by atoms with van der Waals surface area (Å²) in [7, 11) is 0. The van der Waals surface area contributed by atoms with Crippen molar-refractivity contribution in [1.29, 1.82) is 0 Å². The molecule has 1 saturated heterocycles. The highest BCUT2D eigenvalue weighted by molar-refractivity contribution is 5.94. The molecule has 2 aromatic heterocycles. The first-order chi connectivity index (χ1) is 11.6. The molecule has 128 valence electrons. The van der Waals surface area contributed by atoms with E-state index in [1.807, 2.05) is 12.3 Å². The van der Waals surface area contributed by atoms with E-state index in [1.54, 1.807) is 29.4 Å². The van der Waals surface area contributed by atoms with Gasteiger partial charge in [-0.15, -0.1) is 0 Å². The van der Waals surface area contributed by atoms with Crippen molar-refractivity contribution in [1.82, 2.24) is 24.8 Å². The van der Waals surface area contributed by atoms with E-state index >= 15 is 0 Å². The number of ether oxygens (including phenoxy) is 1. The zero-order valence-electron chi connectivity index (χ0n) is 14.1. The van der Waals surface area contributed by atoms with Crippen LogP contribution in [0, 0.1) is 0 Å². The van der Waals surface area contributed by atoms with Gasteiger partial charge in [0.25, 0.3) is 5.91 Å². The summed E-state index contributed by atoms with van der Waals surface area (Å²) in [5, 5.41) is 3.01. The molecule has 0 aromatic carbocycles. The van der Waals surface area contributed by atoms with Crippen molar-refractivity contribution in [2.24, 2.45) is 0 Å². The Kier molecular flexibility index (Phi) is 4.92. The van der Waals surface area contributed by atoms with E-state index in [0.29, 0.717) is 12.1 Å². The summed E-state index contributed by atoms with van der Waals surface area (Å²) in [4.78, 5) is 23.0. The Morgan fingerprint density at radius 1 is 1.33 bits per heavy atom. The summed E-state index contributed by atoms with van der Waals surface area (Å²) < 4.78 is 7.18. The number of imidazole rings is 1. The van der Waals surface area contributed by atoms with Crippen LogP contribution in [-0.2, 0) is 4.74 Å². The highest BCUT2D eigenvalue weighted by Crippen LogP contribution is 2.15. The fourth-order valence-corrected chi connectivity index (χ4v) is 2.75. The first-order valence-electron chi connectivity index (χ1n) is 8.12. The van der Waals surface area contributed by atoms with Crippen molar-refractivity contribution < 1.29 is 9.53 Å². The van der Waals surface area contributed by atoms with Gasteiger partial charge in [-0.25, -0.2) is 9.97 Å². The Hall–Kier alpha value is -2.25. The molecule has 24 heavy (non-hydrogen) atoms. The summed E-state index contributed by atoms with van der Waals surface area (Å²) >= 11 is 0. The van der Waals surface area contributed by atoms with E-state index in [2.05, 4.69) is 34.0 Å². The number of carbonyl (C=O) groups excluding carboxylic acids is 1. The predicted octanol–water partition coefficient (Wildman–Crippen LogP) is 1.11. The maximum atomic E-state index is 12.4. The van der Waals surface area contributed by atoms with Crippen LogP contribution in [0.15, 0.2) is 37.1 Å². The monoisotopic (exact) mass is 329 g/mol. The van der Waals surface area contributed by atoms with Gasteiger partial charge >= 0.3 is 0 Å². The fourth-order valence-electron chi connectivity index (χ4n) is 2.75. The van der Waals surface area contributed by atoms with Gasteiger partial charge in [-0.1, -0.05) is 0 Å². The average molecular weight is 329 g/mol. The summed E-state index contributed by atoms with van der Waals surface area (Å²) in [6.45, 7) is 8.13. The Morgan fingerprint density at radius 2 is 2.12 bits per heavy atom. The minimum absolute atomic E-state index is 0.108. The maximum Gasteiger partial charge on any atom is 0.252 e. The van der Waals surface area contributed by atoms with E-state index in [0.717, 1.165) is 32.1 Å². The lowest BCUT2D eigenvalue weighted by Gasteiger charge is -2.40. The third kappa shape index (κ3) is 3.80. The summed E-state index contributed by atoms with van der Waals surface area (Å²) in [5.41, 5.74) is 0.445. The van der Waals surface area contributed by atoms with Crippen molar-refractivity contribution in [3.8, 4) is 5.82 Å². The molecule has 2 aromatic rings. The molecule has 7 nitrogen and oxygen atoms in total. The Balaban J connectivity index is 1.58. The topological polar surface area (TPSA) is 72.3 Å². The van der Waals surface area contributed by atoms with E-state index in [1.165, 1.54) is 0 Å². The van der Waals surface area contributed by atoms with Crippen LogP contribution in [0.25, 0.3) is 5.82 Å². The van der Waals surface area contributed by atoms with Gasteiger partial charge in [0.1, 0.15) is 12.1 Å². The van der Waals surface area contributed by atoms with Crippen molar-refractivity contribution in [2.75, 3.05) is 32.8 Å². The van der Waals surface area contributed by atoms with Gasteiger partial charge < -0.3 is 10.1 Å². The van der Waals surface area contributed by atoms with Crippen LogP contribution in [-0.4, -0.2) is 63.7 Å². The van der Waals surface area contributed by atoms with Crippen molar-refractivity contribution in [3.63, 3.8) is 0 Å². The minimum atomic E-state index is -0.110. The van der Waals surface area contributed by atoms with Gasteiger partial charge in [-0.05, 0) is 26.0 Å². The molecule has 7 heteroatoms. The van der Waals surface area contributed by atoms with E-state index in [9.17, 15) is 4.79 Å². The molecular weight excluding hydrogens is 306 g/mol. The molecule has 0 spiro atoms. The molecule has 3 rings (SSSR count). The lowest BCUT2D eigenvalue weighted by Crippen LogP contribution is -2.55. The van der Waals surface area contributed by atoms with Crippen LogP contribution >= 0.6 is 0 Å². The number of carbonyl (C=O) groups is 1. The molecular formula is C17H23N5O2. The predicted molar refractivity (Wildman–Crippen MR) is 90.2 cm³/mol. The molecule has 0 bridgehead atoms. The van der Waals surface area contributed by atoms with E-state index in [-0.39, 0.29) is 11.4 Å². The lowest BCUT2D eigenvalue weighted by molar-refractivity contribution is -0.00923. The molecule has 1 amide bonds. The normalized spacial score (nSPS) is 16.1. The summed E-state index contributed by atoms with van der Waals surface area (Å²) in [6.07, 6.45) is 6.77. The SMILES string of the molecule is CC(C)(CNC(=O)c1ccc(-n2ccnc2)nc1)N1CCOCC1.